The molecule has 0 aliphatic heterocycles. The minimum Gasteiger partial charge on any atom is -0.299 e. The van der Waals surface area contributed by atoms with E-state index < -0.39 is 0 Å². The summed E-state index contributed by atoms with van der Waals surface area (Å²) in [5.74, 6) is 0.833. The number of hydrogen-bond donors (Lipinski definition) is 0. The van der Waals surface area contributed by atoms with E-state index in [0.717, 1.165) is 19.3 Å². The second-order valence-electron chi connectivity index (χ2n) is 7.92. The van der Waals surface area contributed by atoms with E-state index in [2.05, 4.69) is 6.92 Å². The molecule has 0 aromatic heterocycles. The molecule has 1 unspecified atom stereocenters. The van der Waals surface area contributed by atoms with Crippen molar-refractivity contribution >= 4 is 5.78 Å². The molecule has 0 bridgehead atoms. The van der Waals surface area contributed by atoms with Gasteiger partial charge in [0.2, 0.25) is 0 Å². The molecule has 0 radical (unpaired) electrons. The van der Waals surface area contributed by atoms with E-state index in [1.54, 1.807) is 0 Å². The van der Waals surface area contributed by atoms with Gasteiger partial charge < -0.3 is 0 Å². The number of hydrogen-bond acceptors (Lipinski definition) is 1. The molecule has 0 N–H and O–H groups in total. The summed E-state index contributed by atoms with van der Waals surface area (Å²) in [5.41, 5.74) is 0. The van der Waals surface area contributed by atoms with Crippen LogP contribution < -0.4 is 0 Å². The lowest BCUT2D eigenvalue weighted by Crippen LogP contribution is -2.10. The minimum atomic E-state index is 0.309. The molecule has 0 heterocycles. The van der Waals surface area contributed by atoms with Crippen LogP contribution in [-0.4, -0.2) is 5.78 Å². The van der Waals surface area contributed by atoms with Crippen LogP contribution in [0.1, 0.15) is 129 Å². The zero-order valence-corrected chi connectivity index (χ0v) is 15.9. The summed E-state index contributed by atoms with van der Waals surface area (Å²) in [6.45, 7) is 2.15. The summed E-state index contributed by atoms with van der Waals surface area (Å²) in [5, 5.41) is 0. The number of carbonyl (C=O) groups is 1. The normalized spacial score (nSPS) is 26.3. The molecular formula is C22H42O. The van der Waals surface area contributed by atoms with Crippen molar-refractivity contribution in [3.8, 4) is 0 Å². The van der Waals surface area contributed by atoms with E-state index in [0.29, 0.717) is 11.7 Å². The molecule has 1 aliphatic rings. The molecule has 1 aliphatic carbocycles. The second-order valence-corrected chi connectivity index (χ2v) is 7.92. The quantitative estimate of drug-likeness (QED) is 0.448. The van der Waals surface area contributed by atoms with Crippen LogP contribution in [0, 0.1) is 5.92 Å². The highest BCUT2D eigenvalue weighted by molar-refractivity contribution is 5.80. The lowest BCUT2D eigenvalue weighted by Gasteiger charge is -2.10. The van der Waals surface area contributed by atoms with Gasteiger partial charge in [0.05, 0.1) is 0 Å². The van der Waals surface area contributed by atoms with Gasteiger partial charge in [-0.3, -0.25) is 4.79 Å². The SMILES string of the molecule is CC1CCCCCCCCCCCCCCCCCCCC1=O. The average molecular weight is 323 g/mol. The Hall–Kier alpha value is -0.330. The van der Waals surface area contributed by atoms with Crippen molar-refractivity contribution in [2.45, 2.75) is 129 Å². The van der Waals surface area contributed by atoms with Gasteiger partial charge in [-0.05, 0) is 12.8 Å². The molecule has 0 aromatic rings. The van der Waals surface area contributed by atoms with E-state index >= 15 is 0 Å². The van der Waals surface area contributed by atoms with Gasteiger partial charge in [0.1, 0.15) is 5.78 Å². The van der Waals surface area contributed by atoms with Crippen molar-refractivity contribution in [2.75, 3.05) is 0 Å². The third-order valence-corrected chi connectivity index (χ3v) is 5.61. The van der Waals surface area contributed by atoms with Crippen molar-refractivity contribution in [2.24, 2.45) is 5.92 Å². The van der Waals surface area contributed by atoms with Crippen LogP contribution in [0.2, 0.25) is 0 Å². The molecule has 136 valence electrons. The van der Waals surface area contributed by atoms with Crippen molar-refractivity contribution in [1.29, 1.82) is 0 Å². The fraction of sp³-hybridized carbons (Fsp3) is 0.955. The molecule has 1 fully saturated rings. The predicted octanol–water partition coefficient (Wildman–Crippen LogP) is 7.62. The Kier molecular flexibility index (Phi) is 13.7. The third-order valence-electron chi connectivity index (χ3n) is 5.61. The summed E-state index contributed by atoms with van der Waals surface area (Å²) in [7, 11) is 0. The Balaban J connectivity index is 2.18. The predicted molar refractivity (Wildman–Crippen MR) is 102 cm³/mol. The van der Waals surface area contributed by atoms with Crippen molar-refractivity contribution in [1.82, 2.24) is 0 Å². The Morgan fingerprint density at radius 2 is 0.826 bits per heavy atom. The minimum absolute atomic E-state index is 0.309. The van der Waals surface area contributed by atoms with Gasteiger partial charge in [-0.25, -0.2) is 0 Å². The van der Waals surface area contributed by atoms with Gasteiger partial charge in [0.25, 0.3) is 0 Å². The fourth-order valence-corrected chi connectivity index (χ4v) is 3.81. The summed E-state index contributed by atoms with van der Waals surface area (Å²) in [4.78, 5) is 12.1. The molecule has 1 atom stereocenters. The molecule has 0 amide bonds. The summed E-state index contributed by atoms with van der Waals surface area (Å²) >= 11 is 0. The van der Waals surface area contributed by atoms with Gasteiger partial charge >= 0.3 is 0 Å². The third kappa shape index (κ3) is 12.7. The fourth-order valence-electron chi connectivity index (χ4n) is 3.81. The first-order valence-electron chi connectivity index (χ1n) is 10.8. The zero-order chi connectivity index (χ0) is 16.6. The number of carbonyl (C=O) groups excluding carboxylic acids is 1. The van der Waals surface area contributed by atoms with Gasteiger partial charge in [-0.2, -0.15) is 0 Å². The van der Waals surface area contributed by atoms with E-state index in [9.17, 15) is 4.79 Å². The summed E-state index contributed by atoms with van der Waals surface area (Å²) in [6.07, 6.45) is 25.4. The van der Waals surface area contributed by atoms with Gasteiger partial charge in [0.15, 0.2) is 0 Å². The smallest absolute Gasteiger partial charge is 0.135 e. The van der Waals surface area contributed by atoms with Crippen LogP contribution in [0.5, 0.6) is 0 Å². The molecule has 23 heavy (non-hydrogen) atoms. The Morgan fingerprint density at radius 3 is 1.22 bits per heavy atom. The highest BCUT2D eigenvalue weighted by Crippen LogP contribution is 2.18. The Labute approximate surface area is 146 Å². The van der Waals surface area contributed by atoms with E-state index in [-0.39, 0.29) is 0 Å². The topological polar surface area (TPSA) is 17.1 Å². The monoisotopic (exact) mass is 322 g/mol. The van der Waals surface area contributed by atoms with Crippen LogP contribution in [0.4, 0.5) is 0 Å². The van der Waals surface area contributed by atoms with E-state index in [1.165, 1.54) is 103 Å². The molecule has 1 nitrogen and oxygen atoms in total. The molecule has 1 saturated carbocycles. The standard InChI is InChI=1S/C22H42O/c1-21-19-17-15-13-11-9-7-5-3-2-4-6-8-10-12-14-16-18-20-22(21)23/h21H,2-20H2,1H3. The molecule has 0 spiro atoms. The van der Waals surface area contributed by atoms with E-state index in [4.69, 9.17) is 0 Å². The van der Waals surface area contributed by atoms with Crippen molar-refractivity contribution < 1.29 is 4.79 Å². The molecule has 0 aromatic carbocycles. The van der Waals surface area contributed by atoms with Crippen LogP contribution in [0.3, 0.4) is 0 Å². The highest BCUT2D eigenvalue weighted by atomic mass is 16.1. The zero-order valence-electron chi connectivity index (χ0n) is 15.9. The first kappa shape index (κ1) is 20.7. The second kappa shape index (κ2) is 15.2. The maximum atomic E-state index is 12.1. The van der Waals surface area contributed by atoms with Crippen LogP contribution >= 0.6 is 0 Å². The van der Waals surface area contributed by atoms with Crippen LogP contribution in [0.15, 0.2) is 0 Å². The van der Waals surface area contributed by atoms with Crippen molar-refractivity contribution in [3.05, 3.63) is 0 Å². The Morgan fingerprint density at radius 1 is 0.522 bits per heavy atom. The first-order valence-corrected chi connectivity index (χ1v) is 10.8. The van der Waals surface area contributed by atoms with Crippen LogP contribution in [0.25, 0.3) is 0 Å². The number of Topliss-reactive ketones (excluding diaryl/α,β-unsaturated/α-hetero) is 1. The lowest BCUT2D eigenvalue weighted by atomic mass is 9.94. The maximum absolute atomic E-state index is 12.1. The molecule has 0 saturated heterocycles. The summed E-state index contributed by atoms with van der Waals surface area (Å²) in [6, 6.07) is 0. The first-order chi connectivity index (χ1) is 11.3. The average Bonchev–Trinajstić information content (AvgIpc) is 2.55. The molecule has 1 heteroatoms. The molecule has 1 rings (SSSR count). The van der Waals surface area contributed by atoms with E-state index in [1.807, 2.05) is 0 Å². The summed E-state index contributed by atoms with van der Waals surface area (Å²) < 4.78 is 0. The number of ketones is 1. The Bertz CT molecular complexity index is 271. The highest BCUT2D eigenvalue weighted by Gasteiger charge is 2.11. The maximum Gasteiger partial charge on any atom is 0.135 e. The van der Waals surface area contributed by atoms with Gasteiger partial charge in [0, 0.05) is 12.3 Å². The van der Waals surface area contributed by atoms with Gasteiger partial charge in [-0.1, -0.05) is 110 Å². The largest absolute Gasteiger partial charge is 0.299 e. The van der Waals surface area contributed by atoms with Crippen molar-refractivity contribution in [3.63, 3.8) is 0 Å². The molecular weight excluding hydrogens is 280 g/mol. The lowest BCUT2D eigenvalue weighted by molar-refractivity contribution is -0.122. The van der Waals surface area contributed by atoms with Crippen LogP contribution in [-0.2, 0) is 4.79 Å². The number of rotatable bonds is 0. The van der Waals surface area contributed by atoms with Gasteiger partial charge in [-0.15, -0.1) is 0 Å².